The molecule has 0 spiro atoms. The van der Waals surface area contributed by atoms with Crippen molar-refractivity contribution in [3.63, 3.8) is 0 Å². The van der Waals surface area contributed by atoms with Gasteiger partial charge in [-0.3, -0.25) is 4.79 Å². The molecule has 5 nitrogen and oxygen atoms in total. The van der Waals surface area contributed by atoms with Crippen molar-refractivity contribution < 1.29 is 9.53 Å². The van der Waals surface area contributed by atoms with Gasteiger partial charge in [0.05, 0.1) is 11.7 Å². The van der Waals surface area contributed by atoms with Gasteiger partial charge in [0.1, 0.15) is 18.0 Å². The van der Waals surface area contributed by atoms with Gasteiger partial charge in [0.25, 0.3) is 5.91 Å². The normalized spacial score (nSPS) is 16.4. The Labute approximate surface area is 173 Å². The van der Waals surface area contributed by atoms with E-state index >= 15 is 0 Å². The van der Waals surface area contributed by atoms with Gasteiger partial charge < -0.3 is 14.0 Å². The number of thiophene rings is 1. The minimum absolute atomic E-state index is 0.0906. The number of fused-ring (bicyclic) bond motifs is 1. The van der Waals surface area contributed by atoms with E-state index in [1.807, 2.05) is 64.2 Å². The largest absolute Gasteiger partial charge is 0.487 e. The fourth-order valence-electron chi connectivity index (χ4n) is 3.86. The van der Waals surface area contributed by atoms with Gasteiger partial charge in [0, 0.05) is 29.4 Å². The number of nitrogens with zero attached hydrogens (tertiary/aromatic N) is 3. The van der Waals surface area contributed by atoms with Crippen LogP contribution in [0, 0.1) is 0 Å². The summed E-state index contributed by atoms with van der Waals surface area (Å²) in [6.07, 6.45) is 6.01. The van der Waals surface area contributed by atoms with Gasteiger partial charge in [-0.05, 0) is 60.7 Å². The molecule has 0 aliphatic carbocycles. The van der Waals surface area contributed by atoms with Crippen molar-refractivity contribution in [2.24, 2.45) is 0 Å². The number of likely N-dealkylation sites (tertiary alicyclic amines) is 1. The van der Waals surface area contributed by atoms with Crippen LogP contribution in [0.2, 0.25) is 0 Å². The lowest BCUT2D eigenvalue weighted by molar-refractivity contribution is 0.0738. The zero-order valence-corrected chi connectivity index (χ0v) is 16.7. The van der Waals surface area contributed by atoms with Crippen LogP contribution in [-0.2, 0) is 6.61 Å². The van der Waals surface area contributed by atoms with Crippen LogP contribution < -0.4 is 4.74 Å². The van der Waals surface area contributed by atoms with Crippen molar-refractivity contribution >= 4 is 22.9 Å². The molecule has 1 saturated heterocycles. The quantitative estimate of drug-likeness (QED) is 0.474. The van der Waals surface area contributed by atoms with Crippen molar-refractivity contribution in [1.29, 1.82) is 0 Å². The molecule has 4 heterocycles. The molecule has 0 saturated carbocycles. The van der Waals surface area contributed by atoms with E-state index in [2.05, 4.69) is 22.5 Å². The fourth-order valence-corrected chi connectivity index (χ4v) is 4.73. The second-order valence-corrected chi connectivity index (χ2v) is 8.16. The molecule has 1 aromatic carbocycles. The first kappa shape index (κ1) is 17.9. The molecule has 1 atom stereocenters. The highest BCUT2D eigenvalue weighted by Crippen LogP contribution is 2.35. The number of carbonyl (C=O) groups excluding carboxylic acids is 1. The summed E-state index contributed by atoms with van der Waals surface area (Å²) in [6.45, 7) is 1.20. The summed E-state index contributed by atoms with van der Waals surface area (Å²) < 4.78 is 7.84. The van der Waals surface area contributed by atoms with E-state index in [1.165, 1.54) is 4.88 Å². The molecule has 29 heavy (non-hydrogen) atoms. The molecule has 0 unspecified atom stereocenters. The number of ether oxygens (including phenoxy) is 1. The summed E-state index contributed by atoms with van der Waals surface area (Å²) in [5.74, 6) is 0.822. The number of rotatable bonds is 5. The van der Waals surface area contributed by atoms with Crippen LogP contribution in [0.25, 0.3) is 5.65 Å². The molecule has 1 aliphatic rings. The molecule has 4 aromatic rings. The van der Waals surface area contributed by atoms with E-state index in [9.17, 15) is 4.79 Å². The van der Waals surface area contributed by atoms with E-state index < -0.39 is 0 Å². The summed E-state index contributed by atoms with van der Waals surface area (Å²) in [7, 11) is 0. The molecule has 0 bridgehead atoms. The van der Waals surface area contributed by atoms with Crippen molar-refractivity contribution in [3.8, 4) is 5.75 Å². The number of aromatic nitrogens is 2. The average molecular weight is 404 g/mol. The number of benzene rings is 1. The Hall–Kier alpha value is -3.12. The Kier molecular flexibility index (Phi) is 4.77. The second kappa shape index (κ2) is 7.72. The number of hydrogen-bond acceptors (Lipinski definition) is 4. The van der Waals surface area contributed by atoms with Crippen molar-refractivity contribution in [2.45, 2.75) is 25.5 Å². The minimum atomic E-state index is 0.0906. The van der Waals surface area contributed by atoms with Crippen LogP contribution in [0.4, 0.5) is 0 Å². The second-order valence-electron chi connectivity index (χ2n) is 7.18. The molecule has 146 valence electrons. The Balaban J connectivity index is 1.25. The summed E-state index contributed by atoms with van der Waals surface area (Å²) in [5.41, 5.74) is 2.47. The first-order valence-corrected chi connectivity index (χ1v) is 10.7. The molecular weight excluding hydrogens is 382 g/mol. The lowest BCUT2D eigenvalue weighted by Crippen LogP contribution is -2.30. The van der Waals surface area contributed by atoms with E-state index in [-0.39, 0.29) is 11.9 Å². The van der Waals surface area contributed by atoms with Gasteiger partial charge in [-0.15, -0.1) is 11.3 Å². The molecule has 1 aliphatic heterocycles. The average Bonchev–Trinajstić information content (AvgIpc) is 3.51. The topological polar surface area (TPSA) is 46.8 Å². The Bertz CT molecular complexity index is 1090. The molecule has 1 fully saturated rings. The van der Waals surface area contributed by atoms with Crippen molar-refractivity contribution in [1.82, 2.24) is 14.3 Å². The Morgan fingerprint density at radius 1 is 1.14 bits per heavy atom. The SMILES string of the molecule is O=C(c1ccc(OCc2cn3ccccc3n2)cc1)N1CCC[C@H]1c1cccs1. The standard InChI is InChI=1S/C23H21N3O2S/c27-23(26-13-3-5-20(26)21-6-4-14-29-21)17-8-10-19(11-9-17)28-16-18-15-25-12-2-1-7-22(25)24-18/h1-2,4,6-12,14-15,20H,3,5,13,16H2/t20-/m0/s1. The van der Waals surface area contributed by atoms with Gasteiger partial charge in [0.2, 0.25) is 0 Å². The van der Waals surface area contributed by atoms with E-state index in [0.29, 0.717) is 12.2 Å². The highest BCUT2D eigenvalue weighted by atomic mass is 32.1. The third kappa shape index (κ3) is 3.63. The maximum absolute atomic E-state index is 13.0. The third-order valence-electron chi connectivity index (χ3n) is 5.29. The number of pyridine rings is 1. The van der Waals surface area contributed by atoms with E-state index in [1.54, 1.807) is 11.3 Å². The van der Waals surface area contributed by atoms with Crippen LogP contribution in [0.1, 0.15) is 39.8 Å². The molecule has 6 heteroatoms. The first-order valence-electron chi connectivity index (χ1n) is 9.78. The van der Waals surface area contributed by atoms with Crippen LogP contribution in [-0.4, -0.2) is 26.7 Å². The van der Waals surface area contributed by atoms with Gasteiger partial charge in [-0.25, -0.2) is 4.98 Å². The van der Waals surface area contributed by atoms with E-state index in [0.717, 1.165) is 36.5 Å². The van der Waals surface area contributed by atoms with Gasteiger partial charge in [-0.1, -0.05) is 12.1 Å². The monoisotopic (exact) mass is 403 g/mol. The maximum Gasteiger partial charge on any atom is 0.254 e. The summed E-state index contributed by atoms with van der Waals surface area (Å²) in [5, 5.41) is 2.07. The Morgan fingerprint density at radius 3 is 2.83 bits per heavy atom. The third-order valence-corrected chi connectivity index (χ3v) is 6.26. The lowest BCUT2D eigenvalue weighted by atomic mass is 10.1. The number of carbonyl (C=O) groups is 1. The highest BCUT2D eigenvalue weighted by molar-refractivity contribution is 7.10. The zero-order valence-electron chi connectivity index (χ0n) is 15.9. The molecule has 0 radical (unpaired) electrons. The lowest BCUT2D eigenvalue weighted by Gasteiger charge is -2.24. The number of hydrogen-bond donors (Lipinski definition) is 0. The number of amides is 1. The van der Waals surface area contributed by atoms with Gasteiger partial charge in [-0.2, -0.15) is 0 Å². The number of imidazole rings is 1. The Morgan fingerprint density at radius 2 is 2.03 bits per heavy atom. The molecule has 0 N–H and O–H groups in total. The molecule has 5 rings (SSSR count). The minimum Gasteiger partial charge on any atom is -0.487 e. The van der Waals surface area contributed by atoms with Crippen LogP contribution in [0.5, 0.6) is 5.75 Å². The smallest absolute Gasteiger partial charge is 0.254 e. The van der Waals surface area contributed by atoms with Crippen molar-refractivity contribution in [2.75, 3.05) is 6.54 Å². The predicted molar refractivity (Wildman–Crippen MR) is 113 cm³/mol. The van der Waals surface area contributed by atoms with Crippen molar-refractivity contribution in [3.05, 3.63) is 88.5 Å². The van der Waals surface area contributed by atoms with Gasteiger partial charge in [0.15, 0.2) is 0 Å². The fraction of sp³-hybridized carbons (Fsp3) is 0.217. The maximum atomic E-state index is 13.0. The summed E-state index contributed by atoms with van der Waals surface area (Å²) >= 11 is 1.72. The van der Waals surface area contributed by atoms with Gasteiger partial charge >= 0.3 is 0 Å². The molecular formula is C23H21N3O2S. The highest BCUT2D eigenvalue weighted by Gasteiger charge is 2.31. The predicted octanol–water partition coefficient (Wildman–Crippen LogP) is 4.95. The molecule has 3 aromatic heterocycles. The van der Waals surface area contributed by atoms with Crippen LogP contribution in [0.15, 0.2) is 72.4 Å². The zero-order chi connectivity index (χ0) is 19.6. The van der Waals surface area contributed by atoms with Crippen LogP contribution in [0.3, 0.4) is 0 Å². The summed E-state index contributed by atoms with van der Waals surface area (Å²) in [6, 6.07) is 17.7. The first-order chi connectivity index (χ1) is 14.3. The summed E-state index contributed by atoms with van der Waals surface area (Å²) in [4.78, 5) is 20.8. The molecule has 1 amide bonds. The van der Waals surface area contributed by atoms with Crippen LogP contribution >= 0.6 is 11.3 Å². The van der Waals surface area contributed by atoms with E-state index in [4.69, 9.17) is 4.74 Å².